The van der Waals surface area contributed by atoms with Gasteiger partial charge in [-0.15, -0.1) is 0 Å². The molecule has 2 aromatic rings. The highest BCUT2D eigenvalue weighted by atomic mass is 19.1. The monoisotopic (exact) mass is 221 g/mol. The number of pyridine rings is 1. The third kappa shape index (κ3) is 1.80. The number of halogens is 1. The smallest absolute Gasteiger partial charge is 0.146 e. The van der Waals surface area contributed by atoms with E-state index in [0.29, 0.717) is 5.56 Å². The average Bonchev–Trinajstić information content (AvgIpc) is 2.69. The second-order valence-electron chi connectivity index (χ2n) is 3.43. The SMILES string of the molecule is Cn1cncc1C(NN)c1ccncc1F. The maximum atomic E-state index is 13.6. The highest BCUT2D eigenvalue weighted by Gasteiger charge is 2.18. The van der Waals surface area contributed by atoms with Crippen LogP contribution in [0.1, 0.15) is 17.3 Å². The first-order chi connectivity index (χ1) is 7.74. The zero-order valence-corrected chi connectivity index (χ0v) is 8.76. The Kier molecular flexibility index (Phi) is 2.93. The molecule has 3 N–H and O–H groups in total. The summed E-state index contributed by atoms with van der Waals surface area (Å²) in [5.41, 5.74) is 3.80. The Bertz CT molecular complexity index is 482. The summed E-state index contributed by atoms with van der Waals surface area (Å²) in [4.78, 5) is 7.67. The van der Waals surface area contributed by atoms with Crippen LogP contribution >= 0.6 is 0 Å². The average molecular weight is 221 g/mol. The zero-order chi connectivity index (χ0) is 11.5. The minimum atomic E-state index is -0.435. The molecule has 5 nitrogen and oxygen atoms in total. The van der Waals surface area contributed by atoms with Crippen LogP contribution in [-0.2, 0) is 7.05 Å². The van der Waals surface area contributed by atoms with E-state index in [1.807, 2.05) is 7.05 Å². The molecule has 0 saturated heterocycles. The van der Waals surface area contributed by atoms with E-state index in [4.69, 9.17) is 5.84 Å². The Morgan fingerprint density at radius 2 is 2.25 bits per heavy atom. The van der Waals surface area contributed by atoms with Crippen LogP contribution in [0.4, 0.5) is 4.39 Å². The van der Waals surface area contributed by atoms with Crippen LogP contribution in [0.25, 0.3) is 0 Å². The van der Waals surface area contributed by atoms with Crippen molar-refractivity contribution in [3.05, 3.63) is 48.1 Å². The Morgan fingerprint density at radius 3 is 2.81 bits per heavy atom. The first-order valence-corrected chi connectivity index (χ1v) is 4.75. The van der Waals surface area contributed by atoms with Crippen molar-refractivity contribution in [3.63, 3.8) is 0 Å². The molecule has 0 radical (unpaired) electrons. The number of nitrogens with zero attached hydrogens (tertiary/aromatic N) is 3. The van der Waals surface area contributed by atoms with Gasteiger partial charge in [-0.25, -0.2) is 14.8 Å². The lowest BCUT2D eigenvalue weighted by Crippen LogP contribution is -2.30. The number of hydrogen-bond acceptors (Lipinski definition) is 4. The Morgan fingerprint density at radius 1 is 1.44 bits per heavy atom. The molecule has 0 aromatic carbocycles. The van der Waals surface area contributed by atoms with Crippen molar-refractivity contribution < 1.29 is 4.39 Å². The van der Waals surface area contributed by atoms with Crippen LogP contribution in [-0.4, -0.2) is 14.5 Å². The quantitative estimate of drug-likeness (QED) is 0.585. The van der Waals surface area contributed by atoms with Gasteiger partial charge in [-0.3, -0.25) is 10.8 Å². The fourth-order valence-electron chi connectivity index (χ4n) is 1.60. The predicted octanol–water partition coefficient (Wildman–Crippen LogP) is 0.507. The first kappa shape index (κ1) is 10.7. The van der Waals surface area contributed by atoms with Crippen LogP contribution in [0.15, 0.2) is 31.0 Å². The molecule has 2 aromatic heterocycles. The van der Waals surface area contributed by atoms with Crippen molar-refractivity contribution in [2.45, 2.75) is 6.04 Å². The Hall–Kier alpha value is -1.79. The number of nitrogens with two attached hydrogens (primary N) is 1. The maximum absolute atomic E-state index is 13.6. The van der Waals surface area contributed by atoms with E-state index in [1.165, 1.54) is 6.20 Å². The van der Waals surface area contributed by atoms with Crippen molar-refractivity contribution in [1.29, 1.82) is 0 Å². The van der Waals surface area contributed by atoms with E-state index in [9.17, 15) is 4.39 Å². The van der Waals surface area contributed by atoms with Crippen molar-refractivity contribution in [2.24, 2.45) is 12.9 Å². The molecule has 0 fully saturated rings. The number of hydrogen-bond donors (Lipinski definition) is 2. The van der Waals surface area contributed by atoms with Crippen molar-refractivity contribution >= 4 is 0 Å². The standard InChI is InChI=1S/C10H12FN5/c1-16-6-14-5-9(16)10(15-12)7-2-3-13-4-8(7)11/h2-6,10,15H,12H2,1H3. The van der Waals surface area contributed by atoms with Gasteiger partial charge in [0.25, 0.3) is 0 Å². The van der Waals surface area contributed by atoms with Crippen molar-refractivity contribution in [3.8, 4) is 0 Å². The van der Waals surface area contributed by atoms with E-state index < -0.39 is 11.9 Å². The molecular weight excluding hydrogens is 209 g/mol. The third-order valence-corrected chi connectivity index (χ3v) is 2.43. The summed E-state index contributed by atoms with van der Waals surface area (Å²) in [6, 6.07) is 1.16. The van der Waals surface area contributed by atoms with Crippen LogP contribution in [0.5, 0.6) is 0 Å². The first-order valence-electron chi connectivity index (χ1n) is 4.75. The van der Waals surface area contributed by atoms with E-state index in [1.54, 1.807) is 23.2 Å². The van der Waals surface area contributed by atoms with Gasteiger partial charge in [-0.1, -0.05) is 0 Å². The van der Waals surface area contributed by atoms with Crippen LogP contribution in [0.3, 0.4) is 0 Å². The number of hydrazine groups is 1. The van der Waals surface area contributed by atoms with Gasteiger partial charge in [0.1, 0.15) is 5.82 Å². The summed E-state index contributed by atoms with van der Waals surface area (Å²) in [6.45, 7) is 0. The molecule has 2 heterocycles. The van der Waals surface area contributed by atoms with Gasteiger partial charge in [-0.2, -0.15) is 0 Å². The molecule has 0 aliphatic heterocycles. The number of aromatic nitrogens is 3. The summed E-state index contributed by atoms with van der Waals surface area (Å²) < 4.78 is 15.3. The highest BCUT2D eigenvalue weighted by Crippen LogP contribution is 2.22. The summed E-state index contributed by atoms with van der Waals surface area (Å²) in [5, 5.41) is 0. The van der Waals surface area contributed by atoms with Crippen molar-refractivity contribution in [2.75, 3.05) is 0 Å². The van der Waals surface area contributed by atoms with Crippen LogP contribution < -0.4 is 11.3 Å². The second-order valence-corrected chi connectivity index (χ2v) is 3.43. The maximum Gasteiger partial charge on any atom is 0.146 e. The highest BCUT2D eigenvalue weighted by molar-refractivity contribution is 5.26. The molecule has 2 rings (SSSR count). The third-order valence-electron chi connectivity index (χ3n) is 2.43. The molecule has 1 unspecified atom stereocenters. The minimum absolute atomic E-state index is 0.397. The normalized spacial score (nSPS) is 12.7. The van der Waals surface area contributed by atoms with Gasteiger partial charge in [0.05, 0.1) is 30.5 Å². The summed E-state index contributed by atoms with van der Waals surface area (Å²) in [5.74, 6) is 5.06. The van der Waals surface area contributed by atoms with E-state index in [0.717, 1.165) is 11.9 Å². The number of imidazole rings is 1. The van der Waals surface area contributed by atoms with E-state index in [2.05, 4.69) is 15.4 Å². The van der Waals surface area contributed by atoms with Gasteiger partial charge in [0.2, 0.25) is 0 Å². The minimum Gasteiger partial charge on any atom is -0.336 e. The van der Waals surface area contributed by atoms with E-state index in [-0.39, 0.29) is 0 Å². The molecule has 16 heavy (non-hydrogen) atoms. The Balaban J connectivity index is 2.45. The zero-order valence-electron chi connectivity index (χ0n) is 8.76. The lowest BCUT2D eigenvalue weighted by atomic mass is 10.1. The van der Waals surface area contributed by atoms with Crippen LogP contribution in [0.2, 0.25) is 0 Å². The van der Waals surface area contributed by atoms with Gasteiger partial charge < -0.3 is 4.57 Å². The molecule has 0 aliphatic rings. The van der Waals surface area contributed by atoms with Gasteiger partial charge in [0, 0.05) is 18.8 Å². The van der Waals surface area contributed by atoms with Gasteiger partial charge in [-0.05, 0) is 6.07 Å². The topological polar surface area (TPSA) is 68.8 Å². The molecule has 84 valence electrons. The molecule has 1 atom stereocenters. The lowest BCUT2D eigenvalue weighted by molar-refractivity contribution is 0.539. The number of rotatable bonds is 3. The summed E-state index contributed by atoms with van der Waals surface area (Å²) in [7, 11) is 1.83. The van der Waals surface area contributed by atoms with Gasteiger partial charge in [0.15, 0.2) is 0 Å². The van der Waals surface area contributed by atoms with Gasteiger partial charge >= 0.3 is 0 Å². The lowest BCUT2D eigenvalue weighted by Gasteiger charge is -2.16. The molecule has 0 aliphatic carbocycles. The molecule has 0 saturated carbocycles. The Labute approximate surface area is 92.1 Å². The fourth-order valence-corrected chi connectivity index (χ4v) is 1.60. The number of aryl methyl sites for hydroxylation is 1. The molecular formula is C10H12FN5. The molecule has 6 heteroatoms. The second kappa shape index (κ2) is 4.38. The largest absolute Gasteiger partial charge is 0.336 e. The number of nitrogens with one attached hydrogen (secondary N) is 1. The molecule has 0 bridgehead atoms. The fraction of sp³-hybridized carbons (Fsp3) is 0.200. The van der Waals surface area contributed by atoms with E-state index >= 15 is 0 Å². The summed E-state index contributed by atoms with van der Waals surface area (Å²) in [6.07, 6.45) is 5.97. The predicted molar refractivity (Wildman–Crippen MR) is 56.6 cm³/mol. The molecule has 0 spiro atoms. The molecule has 0 amide bonds. The summed E-state index contributed by atoms with van der Waals surface area (Å²) >= 11 is 0. The van der Waals surface area contributed by atoms with Crippen LogP contribution in [0, 0.1) is 5.82 Å². The van der Waals surface area contributed by atoms with Crippen molar-refractivity contribution in [1.82, 2.24) is 20.0 Å².